The summed E-state index contributed by atoms with van der Waals surface area (Å²) in [5, 5.41) is 3.12. The molecule has 0 saturated carbocycles. The highest BCUT2D eigenvalue weighted by Crippen LogP contribution is 2.35. The molecule has 94 valence electrons. The Labute approximate surface area is 96.8 Å². The fourth-order valence-electron chi connectivity index (χ4n) is 2.01. The summed E-state index contributed by atoms with van der Waals surface area (Å²) in [4.78, 5) is 0. The molecule has 3 N–H and O–H groups in total. The van der Waals surface area contributed by atoms with Crippen LogP contribution < -0.4 is 15.8 Å². The summed E-state index contributed by atoms with van der Waals surface area (Å²) >= 11 is 0. The lowest BCUT2D eigenvalue weighted by Gasteiger charge is -2.18. The second-order valence-corrected chi connectivity index (χ2v) is 3.99. The molecule has 1 aromatic rings. The minimum Gasteiger partial charge on any atom is -0.405 e. The third kappa shape index (κ3) is 3.03. The SMILES string of the molecule is Nc1ccc(OC(F)(F)F)c([C@@H]2CCCN2)c1. The van der Waals surface area contributed by atoms with Crippen LogP contribution in [0.25, 0.3) is 0 Å². The molecular weight excluding hydrogens is 233 g/mol. The van der Waals surface area contributed by atoms with E-state index in [1.54, 1.807) is 0 Å². The number of nitrogens with one attached hydrogen (secondary N) is 1. The zero-order valence-electron chi connectivity index (χ0n) is 9.05. The molecule has 1 aliphatic heterocycles. The molecule has 0 aromatic heterocycles. The highest BCUT2D eigenvalue weighted by atomic mass is 19.4. The second-order valence-electron chi connectivity index (χ2n) is 3.99. The maximum absolute atomic E-state index is 12.2. The second kappa shape index (κ2) is 4.44. The molecule has 0 unspecified atom stereocenters. The van der Waals surface area contributed by atoms with Crippen LogP contribution in [0.4, 0.5) is 18.9 Å². The van der Waals surface area contributed by atoms with Crippen LogP contribution in [0, 0.1) is 0 Å². The number of anilines is 1. The van der Waals surface area contributed by atoms with Crippen molar-refractivity contribution in [3.05, 3.63) is 23.8 Å². The fourth-order valence-corrected chi connectivity index (χ4v) is 2.01. The molecular formula is C11H13F3N2O. The van der Waals surface area contributed by atoms with Gasteiger partial charge in [-0.25, -0.2) is 0 Å². The van der Waals surface area contributed by atoms with Gasteiger partial charge in [-0.05, 0) is 37.6 Å². The molecule has 0 amide bonds. The predicted octanol–water partition coefficient (Wildman–Crippen LogP) is 2.59. The van der Waals surface area contributed by atoms with Gasteiger partial charge in [-0.1, -0.05) is 0 Å². The summed E-state index contributed by atoms with van der Waals surface area (Å²) < 4.78 is 40.7. The number of hydrogen-bond acceptors (Lipinski definition) is 3. The van der Waals surface area contributed by atoms with E-state index < -0.39 is 6.36 Å². The van der Waals surface area contributed by atoms with E-state index in [9.17, 15) is 13.2 Å². The van der Waals surface area contributed by atoms with Crippen LogP contribution in [0.3, 0.4) is 0 Å². The van der Waals surface area contributed by atoms with Gasteiger partial charge < -0.3 is 15.8 Å². The van der Waals surface area contributed by atoms with Crippen LogP contribution >= 0.6 is 0 Å². The Kier molecular flexibility index (Phi) is 3.15. The number of alkyl halides is 3. The fraction of sp³-hybridized carbons (Fsp3) is 0.455. The predicted molar refractivity (Wildman–Crippen MR) is 57.5 cm³/mol. The molecule has 1 heterocycles. The molecule has 0 spiro atoms. The normalized spacial score (nSPS) is 20.5. The van der Waals surface area contributed by atoms with Crippen LogP contribution in [0.1, 0.15) is 24.4 Å². The molecule has 17 heavy (non-hydrogen) atoms. The smallest absolute Gasteiger partial charge is 0.405 e. The molecule has 1 saturated heterocycles. The van der Waals surface area contributed by atoms with Crippen molar-refractivity contribution in [2.24, 2.45) is 0 Å². The quantitative estimate of drug-likeness (QED) is 0.788. The molecule has 6 heteroatoms. The number of halogens is 3. The van der Waals surface area contributed by atoms with Crippen molar-refractivity contribution in [3.63, 3.8) is 0 Å². The van der Waals surface area contributed by atoms with E-state index in [-0.39, 0.29) is 11.8 Å². The summed E-state index contributed by atoms with van der Waals surface area (Å²) in [5.74, 6) is -0.175. The highest BCUT2D eigenvalue weighted by Gasteiger charge is 2.33. The Morgan fingerprint density at radius 3 is 2.71 bits per heavy atom. The number of hydrogen-bond donors (Lipinski definition) is 2. The first-order chi connectivity index (χ1) is 7.96. The minimum absolute atomic E-state index is 0.115. The average molecular weight is 246 g/mol. The minimum atomic E-state index is -4.68. The van der Waals surface area contributed by atoms with Gasteiger partial charge in [0, 0.05) is 17.3 Å². The van der Waals surface area contributed by atoms with Gasteiger partial charge in [-0.2, -0.15) is 0 Å². The average Bonchev–Trinajstić information content (AvgIpc) is 2.71. The third-order valence-electron chi connectivity index (χ3n) is 2.70. The van der Waals surface area contributed by atoms with Crippen LogP contribution in [0.5, 0.6) is 5.75 Å². The molecule has 1 aliphatic rings. The van der Waals surface area contributed by atoms with E-state index in [1.165, 1.54) is 18.2 Å². The molecule has 2 rings (SSSR count). The first-order valence-corrected chi connectivity index (χ1v) is 5.34. The largest absolute Gasteiger partial charge is 0.573 e. The first-order valence-electron chi connectivity index (χ1n) is 5.34. The number of rotatable bonds is 2. The molecule has 3 nitrogen and oxygen atoms in total. The van der Waals surface area contributed by atoms with E-state index in [0.29, 0.717) is 11.3 Å². The number of ether oxygens (including phenoxy) is 1. The van der Waals surface area contributed by atoms with Gasteiger partial charge >= 0.3 is 6.36 Å². The van der Waals surface area contributed by atoms with Crippen LogP contribution in [0.2, 0.25) is 0 Å². The lowest BCUT2D eigenvalue weighted by Crippen LogP contribution is -2.20. The van der Waals surface area contributed by atoms with E-state index in [0.717, 1.165) is 19.4 Å². The zero-order valence-corrected chi connectivity index (χ0v) is 9.05. The van der Waals surface area contributed by atoms with Crippen molar-refractivity contribution < 1.29 is 17.9 Å². The summed E-state index contributed by atoms with van der Waals surface area (Å²) in [6.45, 7) is 0.797. The Morgan fingerprint density at radius 1 is 1.35 bits per heavy atom. The maximum atomic E-state index is 12.2. The van der Waals surface area contributed by atoms with Crippen molar-refractivity contribution in [1.82, 2.24) is 5.32 Å². The lowest BCUT2D eigenvalue weighted by molar-refractivity contribution is -0.275. The maximum Gasteiger partial charge on any atom is 0.573 e. The van der Waals surface area contributed by atoms with Gasteiger partial charge in [0.15, 0.2) is 0 Å². The van der Waals surface area contributed by atoms with Gasteiger partial charge in [0.2, 0.25) is 0 Å². The van der Waals surface area contributed by atoms with Crippen LogP contribution in [-0.2, 0) is 0 Å². The monoisotopic (exact) mass is 246 g/mol. The van der Waals surface area contributed by atoms with Gasteiger partial charge in [-0.3, -0.25) is 0 Å². The van der Waals surface area contributed by atoms with Gasteiger partial charge in [0.05, 0.1) is 0 Å². The van der Waals surface area contributed by atoms with Crippen LogP contribution in [0.15, 0.2) is 18.2 Å². The van der Waals surface area contributed by atoms with Crippen molar-refractivity contribution in [1.29, 1.82) is 0 Å². The van der Waals surface area contributed by atoms with Gasteiger partial charge in [0.1, 0.15) is 5.75 Å². The summed E-state index contributed by atoms with van der Waals surface area (Å²) in [6, 6.07) is 4.08. The summed E-state index contributed by atoms with van der Waals surface area (Å²) in [5.41, 5.74) is 6.50. The topological polar surface area (TPSA) is 47.3 Å². The van der Waals surface area contributed by atoms with E-state index in [4.69, 9.17) is 5.73 Å². The molecule has 0 aliphatic carbocycles. The van der Waals surface area contributed by atoms with Crippen molar-refractivity contribution in [3.8, 4) is 5.75 Å². The molecule has 0 radical (unpaired) electrons. The van der Waals surface area contributed by atoms with E-state index in [2.05, 4.69) is 10.1 Å². The summed E-state index contributed by atoms with van der Waals surface area (Å²) in [6.07, 6.45) is -2.95. The van der Waals surface area contributed by atoms with Crippen molar-refractivity contribution in [2.45, 2.75) is 25.2 Å². The van der Waals surface area contributed by atoms with E-state index >= 15 is 0 Å². The van der Waals surface area contributed by atoms with Crippen molar-refractivity contribution in [2.75, 3.05) is 12.3 Å². The Morgan fingerprint density at radius 2 is 2.12 bits per heavy atom. The molecule has 1 atom stereocenters. The highest BCUT2D eigenvalue weighted by molar-refractivity contribution is 5.49. The van der Waals surface area contributed by atoms with E-state index in [1.807, 2.05) is 0 Å². The molecule has 0 bridgehead atoms. The Balaban J connectivity index is 2.30. The standard InChI is InChI=1S/C11H13F3N2O/c12-11(13,14)17-10-4-3-7(15)6-8(10)9-2-1-5-16-9/h3-4,6,9,16H,1-2,5,15H2/t9-/m0/s1. The first kappa shape index (κ1) is 12.0. The molecule has 1 fully saturated rings. The summed E-state index contributed by atoms with van der Waals surface area (Å²) in [7, 11) is 0. The Hall–Kier alpha value is -1.43. The van der Waals surface area contributed by atoms with Gasteiger partial charge in [0.25, 0.3) is 0 Å². The third-order valence-corrected chi connectivity index (χ3v) is 2.70. The number of benzene rings is 1. The van der Waals surface area contributed by atoms with Crippen LogP contribution in [-0.4, -0.2) is 12.9 Å². The number of nitrogens with two attached hydrogens (primary N) is 1. The van der Waals surface area contributed by atoms with Gasteiger partial charge in [-0.15, -0.1) is 13.2 Å². The molecule has 1 aromatic carbocycles. The Bertz CT molecular complexity index is 400. The van der Waals surface area contributed by atoms with Crippen molar-refractivity contribution >= 4 is 5.69 Å². The number of nitrogen functional groups attached to an aromatic ring is 1. The zero-order chi connectivity index (χ0) is 12.5. The lowest BCUT2D eigenvalue weighted by atomic mass is 10.0.